The first-order chi connectivity index (χ1) is 9.12. The Morgan fingerprint density at radius 1 is 1.47 bits per heavy atom. The van der Waals surface area contributed by atoms with E-state index < -0.39 is 5.67 Å². The average Bonchev–Trinajstić information content (AvgIpc) is 2.47. The summed E-state index contributed by atoms with van der Waals surface area (Å²) in [4.78, 5) is 10.8. The number of rotatable bonds is 3. The van der Waals surface area contributed by atoms with Crippen LogP contribution in [0.1, 0.15) is 28.8 Å². The van der Waals surface area contributed by atoms with Crippen LogP contribution in [0, 0.1) is 11.2 Å². The van der Waals surface area contributed by atoms with Crippen molar-refractivity contribution < 1.29 is 13.9 Å². The Kier molecular flexibility index (Phi) is 3.89. The Balaban J connectivity index is 2.27. The van der Waals surface area contributed by atoms with E-state index in [-0.39, 0.29) is 6.71 Å². The number of nitrogens with zero attached hydrogens (tertiary/aromatic N) is 1. The minimum Gasteiger partial charge on any atom is -0.496 e. The van der Waals surface area contributed by atoms with Crippen molar-refractivity contribution in [3.8, 4) is 11.7 Å². The molecule has 2 rings (SSSR count). The summed E-state index contributed by atoms with van der Waals surface area (Å²) in [6.07, 6.45) is 2.53. The first kappa shape index (κ1) is 13.6. The van der Waals surface area contributed by atoms with Gasteiger partial charge < -0.3 is 4.74 Å². The van der Waals surface area contributed by atoms with Gasteiger partial charge in [0.1, 0.15) is 11.4 Å². The Morgan fingerprint density at radius 3 is 2.68 bits per heavy atom. The summed E-state index contributed by atoms with van der Waals surface area (Å²) in [7, 11) is 1.46. The summed E-state index contributed by atoms with van der Waals surface area (Å²) >= 11 is 0. The van der Waals surface area contributed by atoms with Crippen molar-refractivity contribution in [3.63, 3.8) is 0 Å². The van der Waals surface area contributed by atoms with E-state index in [1.807, 2.05) is 0 Å². The topological polar surface area (TPSA) is 50.1 Å². The number of hydrogen-bond acceptors (Lipinski definition) is 3. The van der Waals surface area contributed by atoms with Crippen LogP contribution in [0.25, 0.3) is 0 Å². The smallest absolute Gasteiger partial charge is 0.268 e. The monoisotopic (exact) mass is 259 g/mol. The number of benzene rings is 1. The lowest BCUT2D eigenvalue weighted by molar-refractivity contribution is 0.111. The van der Waals surface area contributed by atoms with Gasteiger partial charge in [0, 0.05) is 5.97 Å². The summed E-state index contributed by atoms with van der Waals surface area (Å²) in [6.45, 7) is -0.0416. The molecule has 0 bridgehead atoms. The van der Waals surface area contributed by atoms with Crippen LogP contribution in [0.5, 0.6) is 5.75 Å². The van der Waals surface area contributed by atoms with Crippen LogP contribution >= 0.6 is 0 Å². The van der Waals surface area contributed by atoms with Gasteiger partial charge in [0.25, 0.3) is 6.71 Å². The molecule has 0 atom stereocenters. The highest BCUT2D eigenvalue weighted by atomic mass is 19.1. The first-order valence-electron chi connectivity index (χ1n) is 6.35. The largest absolute Gasteiger partial charge is 0.496 e. The molecule has 1 aromatic carbocycles. The Labute approximate surface area is 112 Å². The highest BCUT2D eigenvalue weighted by Crippen LogP contribution is 2.42. The number of nitriles is 1. The van der Waals surface area contributed by atoms with E-state index in [2.05, 4.69) is 5.97 Å². The zero-order chi connectivity index (χ0) is 13.9. The molecule has 1 fully saturated rings. The molecule has 5 heteroatoms. The molecule has 3 nitrogen and oxygen atoms in total. The van der Waals surface area contributed by atoms with Gasteiger partial charge in [-0.2, -0.15) is 0 Å². The molecule has 0 aliphatic carbocycles. The van der Waals surface area contributed by atoms with E-state index in [9.17, 15) is 9.18 Å². The maximum Gasteiger partial charge on any atom is 0.268 e. The van der Waals surface area contributed by atoms with Crippen LogP contribution < -0.4 is 4.74 Å². The van der Waals surface area contributed by atoms with Crippen molar-refractivity contribution in [2.45, 2.75) is 31.2 Å². The summed E-state index contributed by atoms with van der Waals surface area (Å²) in [5, 5.41) is 8.85. The van der Waals surface area contributed by atoms with Gasteiger partial charge in [0.05, 0.1) is 12.7 Å². The molecule has 0 unspecified atom stereocenters. The molecule has 0 spiro atoms. The lowest BCUT2D eigenvalue weighted by Crippen LogP contribution is -2.30. The van der Waals surface area contributed by atoms with Crippen molar-refractivity contribution >= 4 is 13.0 Å². The third-order valence-electron chi connectivity index (χ3n) is 3.84. The zero-order valence-corrected chi connectivity index (χ0v) is 10.9. The minimum atomic E-state index is -1.41. The van der Waals surface area contributed by atoms with E-state index in [0.29, 0.717) is 48.6 Å². The summed E-state index contributed by atoms with van der Waals surface area (Å²) < 4.78 is 20.0. The summed E-state index contributed by atoms with van der Waals surface area (Å²) in [6, 6.07) is 4.81. The number of alkyl halides is 1. The predicted molar refractivity (Wildman–Crippen MR) is 71.4 cm³/mol. The summed E-state index contributed by atoms with van der Waals surface area (Å²) in [5.74, 6) is 2.59. The molecular weight excluding hydrogens is 244 g/mol. The van der Waals surface area contributed by atoms with Crippen molar-refractivity contribution in [1.82, 2.24) is 0 Å². The molecule has 1 aliphatic rings. The van der Waals surface area contributed by atoms with Crippen molar-refractivity contribution in [1.29, 1.82) is 5.26 Å². The molecule has 1 saturated heterocycles. The Morgan fingerprint density at radius 2 is 2.16 bits per heavy atom. The third-order valence-corrected chi connectivity index (χ3v) is 3.84. The standard InChI is InChI=1S/C14H15BFNO2/c1-19-13-8-12(3-2-11(13)9-18)14(16)4-6-15(10-17)7-5-14/h2-3,8-9H,4-7H2,1H3. The third kappa shape index (κ3) is 2.63. The minimum absolute atomic E-state index is 0.0416. The number of carbonyl (C=O) groups is 1. The molecule has 19 heavy (non-hydrogen) atoms. The lowest BCUT2D eigenvalue weighted by Gasteiger charge is -2.31. The Bertz CT molecular complexity index is 519. The second kappa shape index (κ2) is 5.44. The number of methoxy groups -OCH3 is 1. The molecule has 1 heterocycles. The number of ether oxygens (including phenoxy) is 1. The number of halogens is 1. The molecule has 1 aromatic rings. The number of aldehydes is 1. The predicted octanol–water partition coefficient (Wildman–Crippen LogP) is 3.02. The van der Waals surface area contributed by atoms with Gasteiger partial charge in [0.2, 0.25) is 0 Å². The van der Waals surface area contributed by atoms with E-state index >= 15 is 0 Å². The van der Waals surface area contributed by atoms with E-state index in [4.69, 9.17) is 10.00 Å². The molecule has 1 aliphatic heterocycles. The zero-order valence-electron chi connectivity index (χ0n) is 10.9. The second-order valence-electron chi connectivity index (χ2n) is 4.94. The van der Waals surface area contributed by atoms with Crippen LogP contribution in [0.2, 0.25) is 12.6 Å². The maximum absolute atomic E-state index is 14.9. The van der Waals surface area contributed by atoms with E-state index in [0.717, 1.165) is 0 Å². The van der Waals surface area contributed by atoms with Crippen LogP contribution in [-0.4, -0.2) is 20.1 Å². The lowest BCUT2D eigenvalue weighted by atomic mass is 9.41. The first-order valence-corrected chi connectivity index (χ1v) is 6.35. The van der Waals surface area contributed by atoms with E-state index in [1.54, 1.807) is 18.2 Å². The number of hydrogen-bond donors (Lipinski definition) is 0. The van der Waals surface area contributed by atoms with Gasteiger partial charge in [-0.25, -0.2) is 9.65 Å². The number of carbonyl (C=O) groups excluding carboxylic acids is 1. The normalized spacial score (nSPS) is 17.6. The van der Waals surface area contributed by atoms with Crippen molar-refractivity contribution in [2.75, 3.05) is 7.11 Å². The van der Waals surface area contributed by atoms with Gasteiger partial charge in [0.15, 0.2) is 6.29 Å². The van der Waals surface area contributed by atoms with Crippen molar-refractivity contribution in [2.24, 2.45) is 0 Å². The fourth-order valence-corrected chi connectivity index (χ4v) is 2.58. The van der Waals surface area contributed by atoms with Crippen LogP contribution in [-0.2, 0) is 5.67 Å². The molecule has 0 amide bonds. The van der Waals surface area contributed by atoms with Gasteiger partial charge >= 0.3 is 0 Å². The quantitative estimate of drug-likeness (QED) is 0.619. The van der Waals surface area contributed by atoms with Gasteiger partial charge in [-0.05, 0) is 30.5 Å². The average molecular weight is 259 g/mol. The highest BCUT2D eigenvalue weighted by Gasteiger charge is 2.38. The van der Waals surface area contributed by atoms with Crippen LogP contribution in [0.4, 0.5) is 4.39 Å². The SMILES string of the molecule is COc1cc(C2(F)CCB(C#N)CC2)ccc1C=O. The van der Waals surface area contributed by atoms with Crippen LogP contribution in [0.15, 0.2) is 18.2 Å². The molecule has 0 radical (unpaired) electrons. The van der Waals surface area contributed by atoms with Gasteiger partial charge in [-0.15, -0.1) is 0 Å². The van der Waals surface area contributed by atoms with Gasteiger partial charge in [-0.1, -0.05) is 18.7 Å². The molecule has 0 aromatic heterocycles. The molecular formula is C14H15BFNO2. The fraction of sp³-hybridized carbons (Fsp3) is 0.429. The van der Waals surface area contributed by atoms with E-state index in [1.165, 1.54) is 7.11 Å². The second-order valence-corrected chi connectivity index (χ2v) is 4.94. The van der Waals surface area contributed by atoms with Gasteiger partial charge in [-0.3, -0.25) is 4.79 Å². The molecule has 98 valence electrons. The van der Waals surface area contributed by atoms with Crippen LogP contribution in [0.3, 0.4) is 0 Å². The fourth-order valence-electron chi connectivity index (χ4n) is 2.58. The Hall–Kier alpha value is -1.83. The molecule has 0 saturated carbocycles. The molecule has 0 N–H and O–H groups in total. The highest BCUT2D eigenvalue weighted by molar-refractivity contribution is 6.67. The summed E-state index contributed by atoms with van der Waals surface area (Å²) in [5.41, 5.74) is -0.464. The van der Waals surface area contributed by atoms with Crippen molar-refractivity contribution in [3.05, 3.63) is 29.3 Å². The maximum atomic E-state index is 14.9.